The second kappa shape index (κ2) is 9.26. The number of rotatable bonds is 6. The van der Waals surface area contributed by atoms with E-state index in [-0.39, 0.29) is 12.5 Å². The van der Waals surface area contributed by atoms with E-state index >= 15 is 0 Å². The lowest BCUT2D eigenvalue weighted by Gasteiger charge is -2.33. The number of aryl methyl sites for hydroxylation is 2. The second-order valence-corrected chi connectivity index (χ2v) is 9.71. The van der Waals surface area contributed by atoms with Crippen LogP contribution in [0.25, 0.3) is 0 Å². The summed E-state index contributed by atoms with van der Waals surface area (Å²) in [5.74, 6) is -0.0876. The summed E-state index contributed by atoms with van der Waals surface area (Å²) in [6.45, 7) is 6.33. The summed E-state index contributed by atoms with van der Waals surface area (Å²) in [5, 5.41) is 3.52. The maximum Gasteiger partial charge on any atom is 0.243 e. The van der Waals surface area contributed by atoms with E-state index in [1.54, 1.807) is 18.2 Å². The molecule has 0 spiro atoms. The molecule has 1 heterocycles. The molecule has 29 heavy (non-hydrogen) atoms. The van der Waals surface area contributed by atoms with Gasteiger partial charge < -0.3 is 5.32 Å². The number of carbonyl (C=O) groups is 1. The van der Waals surface area contributed by atoms with E-state index < -0.39 is 10.0 Å². The lowest BCUT2D eigenvalue weighted by Crippen LogP contribution is -2.51. The van der Waals surface area contributed by atoms with E-state index in [9.17, 15) is 13.2 Å². The van der Waals surface area contributed by atoms with Crippen molar-refractivity contribution in [1.29, 1.82) is 0 Å². The Balaban J connectivity index is 1.50. The fourth-order valence-corrected chi connectivity index (χ4v) is 4.98. The Morgan fingerprint density at radius 3 is 2.41 bits per heavy atom. The molecule has 2 aromatic rings. The smallest absolute Gasteiger partial charge is 0.243 e. The number of nitrogens with one attached hydrogen (secondary N) is 1. The summed E-state index contributed by atoms with van der Waals surface area (Å²) >= 11 is 5.95. The third-order valence-corrected chi connectivity index (χ3v) is 7.32. The summed E-state index contributed by atoms with van der Waals surface area (Å²) < 4.78 is 27.3. The zero-order valence-electron chi connectivity index (χ0n) is 16.7. The van der Waals surface area contributed by atoms with Gasteiger partial charge >= 0.3 is 0 Å². The Labute approximate surface area is 177 Å². The van der Waals surface area contributed by atoms with Gasteiger partial charge in [-0.15, -0.1) is 0 Å². The lowest BCUT2D eigenvalue weighted by atomic mass is 10.1. The summed E-state index contributed by atoms with van der Waals surface area (Å²) in [6, 6.07) is 12.6. The predicted octanol–water partition coefficient (Wildman–Crippen LogP) is 2.58. The highest BCUT2D eigenvalue weighted by Crippen LogP contribution is 2.20. The van der Waals surface area contributed by atoms with Crippen LogP contribution in [0.1, 0.15) is 16.7 Å². The Morgan fingerprint density at radius 1 is 1.03 bits per heavy atom. The minimum Gasteiger partial charge on any atom is -0.351 e. The molecule has 1 aliphatic heterocycles. The van der Waals surface area contributed by atoms with Gasteiger partial charge in [0.2, 0.25) is 15.9 Å². The van der Waals surface area contributed by atoms with Crippen LogP contribution in [0.5, 0.6) is 0 Å². The van der Waals surface area contributed by atoms with Crippen molar-refractivity contribution in [3.8, 4) is 0 Å². The van der Waals surface area contributed by atoms with E-state index in [0.29, 0.717) is 42.6 Å². The van der Waals surface area contributed by atoms with Crippen molar-refractivity contribution in [2.45, 2.75) is 25.3 Å². The van der Waals surface area contributed by atoms with Crippen molar-refractivity contribution in [2.75, 3.05) is 32.7 Å². The Hall–Kier alpha value is -1.93. The number of amides is 1. The number of sulfonamides is 1. The standard InChI is InChI=1S/C21H26ClN3O3S/c1-16-6-7-20(12-17(16)2)29(27,28)25-10-8-24(9-11-25)15-21(26)23-14-18-4-3-5-19(22)13-18/h3-7,12-13H,8-11,14-15H2,1-2H3,(H,23,26). The van der Waals surface area contributed by atoms with Crippen LogP contribution >= 0.6 is 11.6 Å². The van der Waals surface area contributed by atoms with Crippen molar-refractivity contribution >= 4 is 27.5 Å². The molecule has 0 aliphatic carbocycles. The first-order chi connectivity index (χ1) is 13.8. The van der Waals surface area contributed by atoms with Crippen molar-refractivity contribution in [1.82, 2.24) is 14.5 Å². The van der Waals surface area contributed by atoms with Gasteiger partial charge in [0.05, 0.1) is 11.4 Å². The van der Waals surface area contributed by atoms with Crippen LogP contribution in [0, 0.1) is 13.8 Å². The van der Waals surface area contributed by atoms with Crippen molar-refractivity contribution in [3.05, 3.63) is 64.2 Å². The Morgan fingerprint density at radius 2 is 1.76 bits per heavy atom. The van der Waals surface area contributed by atoms with Crippen LogP contribution in [0.4, 0.5) is 0 Å². The number of hydrogen-bond acceptors (Lipinski definition) is 4. The Kier molecular flexibility index (Phi) is 6.95. The number of benzene rings is 2. The second-order valence-electron chi connectivity index (χ2n) is 7.33. The van der Waals surface area contributed by atoms with Crippen molar-refractivity contribution in [3.63, 3.8) is 0 Å². The van der Waals surface area contributed by atoms with E-state index in [1.165, 1.54) is 4.31 Å². The highest BCUT2D eigenvalue weighted by Gasteiger charge is 2.29. The molecule has 0 radical (unpaired) electrons. The quantitative estimate of drug-likeness (QED) is 0.757. The molecule has 6 nitrogen and oxygen atoms in total. The maximum atomic E-state index is 12.9. The van der Waals surface area contributed by atoms with Crippen LogP contribution in [0.3, 0.4) is 0 Å². The van der Waals surface area contributed by atoms with Crippen LogP contribution in [0.15, 0.2) is 47.4 Å². The molecule has 3 rings (SSSR count). The molecule has 0 unspecified atom stereocenters. The minimum absolute atomic E-state index is 0.0876. The number of nitrogens with zero attached hydrogens (tertiary/aromatic N) is 2. The van der Waals surface area contributed by atoms with Gasteiger partial charge in [-0.25, -0.2) is 8.42 Å². The van der Waals surface area contributed by atoms with Gasteiger partial charge in [0.25, 0.3) is 0 Å². The molecule has 8 heteroatoms. The number of carbonyl (C=O) groups excluding carboxylic acids is 1. The summed E-state index contributed by atoms with van der Waals surface area (Å²) in [7, 11) is -3.51. The average Bonchev–Trinajstić information content (AvgIpc) is 2.69. The van der Waals surface area contributed by atoms with E-state index in [4.69, 9.17) is 11.6 Å². The molecule has 1 aliphatic rings. The fraction of sp³-hybridized carbons (Fsp3) is 0.381. The first-order valence-electron chi connectivity index (χ1n) is 9.56. The molecule has 156 valence electrons. The third kappa shape index (κ3) is 5.57. The van der Waals surface area contributed by atoms with E-state index in [0.717, 1.165) is 16.7 Å². The lowest BCUT2D eigenvalue weighted by molar-refractivity contribution is -0.122. The predicted molar refractivity (Wildman–Crippen MR) is 114 cm³/mol. The topological polar surface area (TPSA) is 69.7 Å². The molecule has 2 aromatic carbocycles. The molecule has 1 amide bonds. The van der Waals surface area contributed by atoms with Crippen LogP contribution in [-0.2, 0) is 21.4 Å². The van der Waals surface area contributed by atoms with Crippen LogP contribution in [0.2, 0.25) is 5.02 Å². The molecule has 0 bridgehead atoms. The summed E-state index contributed by atoms with van der Waals surface area (Å²) in [5.41, 5.74) is 2.97. The summed E-state index contributed by atoms with van der Waals surface area (Å²) in [4.78, 5) is 14.5. The molecule has 0 atom stereocenters. The third-order valence-electron chi connectivity index (χ3n) is 5.19. The Bertz CT molecular complexity index is 986. The molecule has 1 saturated heterocycles. The number of piperazine rings is 1. The molecule has 0 aromatic heterocycles. The monoisotopic (exact) mass is 435 g/mol. The first kappa shape index (κ1) is 21.8. The van der Waals surface area contributed by atoms with Crippen molar-refractivity contribution < 1.29 is 13.2 Å². The zero-order chi connectivity index (χ0) is 21.0. The largest absolute Gasteiger partial charge is 0.351 e. The maximum absolute atomic E-state index is 12.9. The van der Waals surface area contributed by atoms with Crippen LogP contribution < -0.4 is 5.32 Å². The van der Waals surface area contributed by atoms with Gasteiger partial charge in [-0.3, -0.25) is 9.69 Å². The molecule has 1 N–H and O–H groups in total. The van der Waals surface area contributed by atoms with Gasteiger partial charge in [0.15, 0.2) is 0 Å². The molecule has 1 fully saturated rings. The van der Waals surface area contributed by atoms with Gasteiger partial charge in [-0.2, -0.15) is 4.31 Å². The number of halogens is 1. The molecular formula is C21H26ClN3O3S. The normalized spacial score (nSPS) is 16.0. The zero-order valence-corrected chi connectivity index (χ0v) is 18.3. The van der Waals surface area contributed by atoms with Gasteiger partial charge in [-0.05, 0) is 54.8 Å². The SMILES string of the molecule is Cc1ccc(S(=O)(=O)N2CCN(CC(=O)NCc3cccc(Cl)c3)CC2)cc1C. The minimum atomic E-state index is -3.51. The molecular weight excluding hydrogens is 410 g/mol. The average molecular weight is 436 g/mol. The van der Waals surface area contributed by atoms with Crippen molar-refractivity contribution in [2.24, 2.45) is 0 Å². The summed E-state index contributed by atoms with van der Waals surface area (Å²) in [6.07, 6.45) is 0. The molecule has 0 saturated carbocycles. The highest BCUT2D eigenvalue weighted by molar-refractivity contribution is 7.89. The van der Waals surface area contributed by atoms with Gasteiger partial charge in [-0.1, -0.05) is 29.8 Å². The fourth-order valence-electron chi connectivity index (χ4n) is 3.26. The van der Waals surface area contributed by atoms with E-state index in [2.05, 4.69) is 5.32 Å². The van der Waals surface area contributed by atoms with Gasteiger partial charge in [0, 0.05) is 37.7 Å². The van der Waals surface area contributed by atoms with Gasteiger partial charge in [0.1, 0.15) is 0 Å². The number of hydrogen-bond donors (Lipinski definition) is 1. The highest BCUT2D eigenvalue weighted by atomic mass is 35.5. The first-order valence-corrected chi connectivity index (χ1v) is 11.4. The van der Waals surface area contributed by atoms with Crippen LogP contribution in [-0.4, -0.2) is 56.3 Å². The van der Waals surface area contributed by atoms with E-state index in [1.807, 2.05) is 43.0 Å².